The molecule has 2 aromatic carbocycles. The number of benzene rings is 2. The molecule has 0 fully saturated rings. The molecule has 1 unspecified atom stereocenters. The number of carbonyl (C=O) groups excluding carboxylic acids is 3. The first kappa shape index (κ1) is 28.9. The van der Waals surface area contributed by atoms with Gasteiger partial charge in [-0.1, -0.05) is 55.0 Å². The van der Waals surface area contributed by atoms with Gasteiger partial charge >= 0.3 is 6.09 Å². The Bertz CT molecular complexity index is 1060. The quantitative estimate of drug-likeness (QED) is 0.482. The van der Waals surface area contributed by atoms with Gasteiger partial charge in [0.2, 0.25) is 5.91 Å². The smallest absolute Gasteiger partial charge is 0.408 e. The van der Waals surface area contributed by atoms with Gasteiger partial charge in [-0.25, -0.2) is 4.79 Å². The van der Waals surface area contributed by atoms with Crippen molar-refractivity contribution in [2.45, 2.75) is 85.9 Å². The van der Waals surface area contributed by atoms with Crippen molar-refractivity contribution in [3.05, 3.63) is 64.7 Å². The third-order valence-corrected chi connectivity index (χ3v) is 6.20. The number of hydrogen-bond donors (Lipinski definition) is 2. The fraction of sp³-hybridized carbons (Fsp3) is 0.483. The molecule has 0 radical (unpaired) electrons. The molecule has 2 rings (SSSR count). The van der Waals surface area contributed by atoms with Crippen molar-refractivity contribution in [3.8, 4) is 0 Å². The van der Waals surface area contributed by atoms with Gasteiger partial charge in [-0.05, 0) is 78.5 Å². The van der Waals surface area contributed by atoms with Crippen LogP contribution in [0.25, 0.3) is 0 Å². The second-order valence-electron chi connectivity index (χ2n) is 10.9. The molecule has 36 heavy (non-hydrogen) atoms. The monoisotopic (exact) mass is 495 g/mol. The lowest BCUT2D eigenvalue weighted by Crippen LogP contribution is -2.55. The van der Waals surface area contributed by atoms with Crippen molar-refractivity contribution >= 4 is 23.6 Å². The molecule has 0 saturated heterocycles. The highest BCUT2D eigenvalue weighted by Gasteiger charge is 2.40. The van der Waals surface area contributed by atoms with E-state index >= 15 is 0 Å². The van der Waals surface area contributed by atoms with Crippen LogP contribution in [-0.2, 0) is 14.3 Å². The van der Waals surface area contributed by atoms with Crippen LogP contribution in [0.4, 0.5) is 10.5 Å². The fourth-order valence-corrected chi connectivity index (χ4v) is 3.92. The Kier molecular flexibility index (Phi) is 9.30. The van der Waals surface area contributed by atoms with Gasteiger partial charge in [0.05, 0.1) is 0 Å². The van der Waals surface area contributed by atoms with E-state index in [-0.39, 0.29) is 18.4 Å². The van der Waals surface area contributed by atoms with Gasteiger partial charge < -0.3 is 20.3 Å². The summed E-state index contributed by atoms with van der Waals surface area (Å²) in [6, 6.07) is 12.5. The molecule has 0 aliphatic carbocycles. The first-order chi connectivity index (χ1) is 16.7. The molecule has 7 heteroatoms. The highest BCUT2D eigenvalue weighted by molar-refractivity contribution is 5.99. The summed E-state index contributed by atoms with van der Waals surface area (Å²) in [6.45, 7) is 16.6. The number of nitrogens with zero attached hydrogens (tertiary/aromatic N) is 1. The number of amides is 3. The Balaban J connectivity index is 2.50. The van der Waals surface area contributed by atoms with Crippen molar-refractivity contribution < 1.29 is 19.1 Å². The molecule has 0 bridgehead atoms. The lowest BCUT2D eigenvalue weighted by atomic mass is 9.92. The van der Waals surface area contributed by atoms with Crippen LogP contribution in [0.1, 0.15) is 76.3 Å². The molecular weight excluding hydrogens is 454 g/mol. The first-order valence-electron chi connectivity index (χ1n) is 12.4. The topological polar surface area (TPSA) is 87.7 Å². The largest absolute Gasteiger partial charge is 0.444 e. The zero-order valence-electron chi connectivity index (χ0n) is 23.1. The molecule has 0 saturated carbocycles. The van der Waals surface area contributed by atoms with Crippen molar-refractivity contribution in [3.63, 3.8) is 0 Å². The van der Waals surface area contributed by atoms with Gasteiger partial charge in [-0.3, -0.25) is 9.59 Å². The molecule has 0 aliphatic rings. The average Bonchev–Trinajstić information content (AvgIpc) is 2.77. The van der Waals surface area contributed by atoms with E-state index in [1.807, 2.05) is 84.0 Å². The number of hydrogen-bond acceptors (Lipinski definition) is 4. The van der Waals surface area contributed by atoms with E-state index in [1.165, 1.54) is 0 Å². The zero-order valence-corrected chi connectivity index (χ0v) is 23.1. The van der Waals surface area contributed by atoms with Crippen LogP contribution in [0.15, 0.2) is 42.5 Å². The summed E-state index contributed by atoms with van der Waals surface area (Å²) in [5, 5.41) is 5.63. The molecular formula is C29H41N3O4. The molecule has 1 atom stereocenters. The van der Waals surface area contributed by atoms with Crippen LogP contribution in [-0.4, -0.2) is 40.5 Å². The predicted molar refractivity (Wildman–Crippen MR) is 144 cm³/mol. The standard InChI is InChI=1S/C29H41N3O4/c1-10-29(8,9)32(23(33)18-30-27(35)36-28(5,6)7)25(22-16-14-19(2)15-17-22)26(34)31-24-20(3)12-11-13-21(24)4/h11-17,25H,10,18H2,1-9H3,(H,30,35)(H,31,34). The highest BCUT2D eigenvalue weighted by atomic mass is 16.6. The SMILES string of the molecule is CCC(C)(C)N(C(=O)CNC(=O)OC(C)(C)C)C(C(=O)Nc1c(C)cccc1C)c1ccc(C)cc1. The Morgan fingerprint density at radius 3 is 1.97 bits per heavy atom. The number of anilines is 1. The molecule has 196 valence electrons. The van der Waals surface area contributed by atoms with E-state index in [9.17, 15) is 14.4 Å². The predicted octanol–water partition coefficient (Wildman–Crippen LogP) is 5.83. The number of aryl methyl sites for hydroxylation is 3. The number of alkyl carbamates (subject to hydrolysis) is 1. The summed E-state index contributed by atoms with van der Waals surface area (Å²) in [7, 11) is 0. The fourth-order valence-electron chi connectivity index (χ4n) is 3.92. The van der Waals surface area contributed by atoms with Crippen LogP contribution >= 0.6 is 0 Å². The molecule has 7 nitrogen and oxygen atoms in total. The van der Waals surface area contributed by atoms with Gasteiger partial charge in [0.1, 0.15) is 18.2 Å². The van der Waals surface area contributed by atoms with Crippen molar-refractivity contribution in [2.24, 2.45) is 0 Å². The third-order valence-electron chi connectivity index (χ3n) is 6.20. The Morgan fingerprint density at radius 2 is 1.47 bits per heavy atom. The lowest BCUT2D eigenvalue weighted by molar-refractivity contribution is -0.145. The van der Waals surface area contributed by atoms with Gasteiger partial charge in [0.15, 0.2) is 0 Å². The second-order valence-corrected chi connectivity index (χ2v) is 10.9. The van der Waals surface area contributed by atoms with Crippen molar-refractivity contribution in [2.75, 3.05) is 11.9 Å². The van der Waals surface area contributed by atoms with E-state index in [2.05, 4.69) is 10.6 Å². The Morgan fingerprint density at radius 1 is 0.917 bits per heavy atom. The number of carbonyl (C=O) groups is 3. The number of para-hydroxylation sites is 1. The van der Waals surface area contributed by atoms with Crippen molar-refractivity contribution in [1.82, 2.24) is 10.2 Å². The molecule has 3 amide bonds. The van der Waals surface area contributed by atoms with E-state index in [0.29, 0.717) is 12.0 Å². The zero-order chi connectivity index (χ0) is 27.3. The maximum atomic E-state index is 13.9. The molecule has 2 aromatic rings. The highest BCUT2D eigenvalue weighted by Crippen LogP contribution is 2.33. The summed E-state index contributed by atoms with van der Waals surface area (Å²) in [5.41, 5.74) is 2.97. The number of nitrogens with one attached hydrogen (secondary N) is 2. The Hall–Kier alpha value is -3.35. The average molecular weight is 496 g/mol. The van der Waals surface area contributed by atoms with Crippen LogP contribution in [0, 0.1) is 20.8 Å². The molecule has 0 heterocycles. The van der Waals surface area contributed by atoms with Gasteiger partial charge in [0.25, 0.3) is 5.91 Å². The Labute approximate surface area is 215 Å². The molecule has 0 spiro atoms. The van der Waals surface area contributed by atoms with Gasteiger partial charge in [0, 0.05) is 11.2 Å². The minimum Gasteiger partial charge on any atom is -0.444 e. The minimum absolute atomic E-state index is 0.294. The summed E-state index contributed by atoms with van der Waals surface area (Å²) in [6.07, 6.45) is -0.0820. The van der Waals surface area contributed by atoms with Crippen LogP contribution < -0.4 is 10.6 Å². The molecule has 2 N–H and O–H groups in total. The maximum Gasteiger partial charge on any atom is 0.408 e. The first-order valence-corrected chi connectivity index (χ1v) is 12.4. The summed E-state index contributed by atoms with van der Waals surface area (Å²) >= 11 is 0. The van der Waals surface area contributed by atoms with Gasteiger partial charge in [-0.2, -0.15) is 0 Å². The summed E-state index contributed by atoms with van der Waals surface area (Å²) < 4.78 is 5.29. The number of rotatable bonds is 8. The van der Waals surface area contributed by atoms with E-state index in [1.54, 1.807) is 25.7 Å². The van der Waals surface area contributed by atoms with E-state index in [4.69, 9.17) is 4.74 Å². The van der Waals surface area contributed by atoms with E-state index < -0.39 is 23.3 Å². The van der Waals surface area contributed by atoms with Crippen LogP contribution in [0.3, 0.4) is 0 Å². The number of ether oxygens (including phenoxy) is 1. The summed E-state index contributed by atoms with van der Waals surface area (Å²) in [4.78, 5) is 41.4. The normalized spacial score (nSPS) is 12.5. The minimum atomic E-state index is -0.910. The maximum absolute atomic E-state index is 13.9. The second kappa shape index (κ2) is 11.6. The van der Waals surface area contributed by atoms with Crippen LogP contribution in [0.5, 0.6) is 0 Å². The summed E-state index contributed by atoms with van der Waals surface area (Å²) in [5.74, 6) is -0.696. The van der Waals surface area contributed by atoms with Gasteiger partial charge in [-0.15, -0.1) is 0 Å². The van der Waals surface area contributed by atoms with E-state index in [0.717, 1.165) is 22.4 Å². The third kappa shape index (κ3) is 7.57. The van der Waals surface area contributed by atoms with Crippen LogP contribution in [0.2, 0.25) is 0 Å². The molecule has 0 aromatic heterocycles. The molecule has 0 aliphatic heterocycles. The van der Waals surface area contributed by atoms with Crippen molar-refractivity contribution in [1.29, 1.82) is 0 Å². The lowest BCUT2D eigenvalue weighted by Gasteiger charge is -2.43.